The third-order valence-electron chi connectivity index (χ3n) is 5.69. The summed E-state index contributed by atoms with van der Waals surface area (Å²) in [5.41, 5.74) is 1.59. The van der Waals surface area contributed by atoms with Crippen molar-refractivity contribution < 1.29 is 9.59 Å². The predicted molar refractivity (Wildman–Crippen MR) is 97.2 cm³/mol. The number of likely N-dealkylation sites (tertiary alicyclic amines) is 1. The van der Waals surface area contributed by atoms with Crippen molar-refractivity contribution in [2.75, 3.05) is 6.54 Å². The summed E-state index contributed by atoms with van der Waals surface area (Å²) < 4.78 is 0. The topological polar surface area (TPSA) is 62.3 Å². The van der Waals surface area contributed by atoms with Gasteiger partial charge in [-0.15, -0.1) is 6.58 Å². The number of amides is 2. The van der Waals surface area contributed by atoms with Crippen LogP contribution in [0, 0.1) is 0 Å². The van der Waals surface area contributed by atoms with Gasteiger partial charge in [0, 0.05) is 36.4 Å². The van der Waals surface area contributed by atoms with Crippen LogP contribution in [-0.4, -0.2) is 39.8 Å². The first kappa shape index (κ1) is 17.6. The van der Waals surface area contributed by atoms with Gasteiger partial charge in [-0.3, -0.25) is 14.6 Å². The first-order valence-corrected chi connectivity index (χ1v) is 9.25. The molecule has 0 atom stereocenters. The van der Waals surface area contributed by atoms with Gasteiger partial charge < -0.3 is 10.2 Å². The van der Waals surface area contributed by atoms with Gasteiger partial charge in [0.2, 0.25) is 5.91 Å². The van der Waals surface area contributed by atoms with Gasteiger partial charge in [0.25, 0.3) is 5.91 Å². The first-order valence-electron chi connectivity index (χ1n) is 9.25. The van der Waals surface area contributed by atoms with Crippen molar-refractivity contribution >= 4 is 11.8 Å². The summed E-state index contributed by atoms with van der Waals surface area (Å²) in [6.07, 6.45) is 9.62. The number of hydrogen-bond donors (Lipinski definition) is 1. The lowest BCUT2D eigenvalue weighted by Gasteiger charge is -2.43. The zero-order chi connectivity index (χ0) is 17.9. The molecule has 0 unspecified atom stereocenters. The third kappa shape index (κ3) is 3.60. The Morgan fingerprint density at radius 2 is 2.16 bits per heavy atom. The average Bonchev–Trinajstić information content (AvgIpc) is 2.94. The molecule has 134 valence electrons. The minimum absolute atomic E-state index is 0.0170. The first-order chi connectivity index (χ1) is 12.1. The number of nitrogens with one attached hydrogen (secondary N) is 1. The van der Waals surface area contributed by atoms with Crippen molar-refractivity contribution in [1.29, 1.82) is 0 Å². The van der Waals surface area contributed by atoms with Crippen LogP contribution in [-0.2, 0) is 11.2 Å². The molecule has 5 nitrogen and oxygen atoms in total. The second kappa shape index (κ2) is 7.38. The summed E-state index contributed by atoms with van der Waals surface area (Å²) in [6, 6.07) is 3.92. The minimum atomic E-state index is -0.0541. The smallest absolute Gasteiger partial charge is 0.253 e. The molecular formula is C20H27N3O2. The lowest BCUT2D eigenvalue weighted by atomic mass is 9.77. The van der Waals surface area contributed by atoms with E-state index in [2.05, 4.69) is 16.9 Å². The number of carbonyl (C=O) groups is 2. The Kier molecular flexibility index (Phi) is 5.21. The van der Waals surface area contributed by atoms with Crippen molar-refractivity contribution in [3.05, 3.63) is 42.2 Å². The number of aryl methyl sites for hydroxylation is 1. The van der Waals surface area contributed by atoms with Crippen LogP contribution in [0.25, 0.3) is 0 Å². The highest BCUT2D eigenvalue weighted by molar-refractivity contribution is 5.94. The van der Waals surface area contributed by atoms with Gasteiger partial charge in [-0.25, -0.2) is 0 Å². The number of aromatic nitrogens is 1. The number of carbonyl (C=O) groups excluding carboxylic acids is 2. The van der Waals surface area contributed by atoms with E-state index in [1.165, 1.54) is 0 Å². The Morgan fingerprint density at radius 3 is 2.76 bits per heavy atom. The molecule has 5 heteroatoms. The van der Waals surface area contributed by atoms with E-state index in [4.69, 9.17) is 0 Å². The fraction of sp³-hybridized carbons (Fsp3) is 0.550. The lowest BCUT2D eigenvalue weighted by Crippen LogP contribution is -2.51. The van der Waals surface area contributed by atoms with Gasteiger partial charge in [-0.05, 0) is 50.7 Å². The molecule has 1 aromatic rings. The summed E-state index contributed by atoms with van der Waals surface area (Å²) in [5, 5.41) is 3.13. The van der Waals surface area contributed by atoms with E-state index < -0.39 is 0 Å². The van der Waals surface area contributed by atoms with Crippen molar-refractivity contribution in [3.8, 4) is 0 Å². The molecule has 2 aliphatic rings. The van der Waals surface area contributed by atoms with Crippen molar-refractivity contribution in [2.24, 2.45) is 0 Å². The molecule has 0 radical (unpaired) electrons. The van der Waals surface area contributed by atoms with E-state index in [9.17, 15) is 9.59 Å². The zero-order valence-electron chi connectivity index (χ0n) is 15.0. The molecule has 1 N–H and O–H groups in total. The molecule has 1 aliphatic carbocycles. The van der Waals surface area contributed by atoms with Crippen LogP contribution in [0.15, 0.2) is 31.0 Å². The highest BCUT2D eigenvalue weighted by atomic mass is 16.2. The van der Waals surface area contributed by atoms with Gasteiger partial charge in [-0.1, -0.05) is 13.0 Å². The molecule has 0 aromatic carbocycles. The number of rotatable bonds is 5. The third-order valence-corrected chi connectivity index (χ3v) is 5.69. The summed E-state index contributed by atoms with van der Waals surface area (Å²) in [4.78, 5) is 30.8. The summed E-state index contributed by atoms with van der Waals surface area (Å²) in [7, 11) is 0. The zero-order valence-corrected chi connectivity index (χ0v) is 15.0. The van der Waals surface area contributed by atoms with Crippen LogP contribution >= 0.6 is 0 Å². The second-order valence-electron chi connectivity index (χ2n) is 7.16. The average molecular weight is 341 g/mol. The fourth-order valence-electron chi connectivity index (χ4n) is 4.15. The molecule has 0 bridgehead atoms. The standard InChI is InChI=1S/C20H27N3O2/c1-3-13-23-18(24)9-12-20(23)10-7-17(8-11-20)22-19(25)15-5-6-16(4-2)21-14-15/h3,5-6,14,17H,1,4,7-13H2,2H3,(H,22,25). The maximum atomic E-state index is 12.4. The van der Waals surface area contributed by atoms with Crippen LogP contribution in [0.3, 0.4) is 0 Å². The second-order valence-corrected chi connectivity index (χ2v) is 7.16. The van der Waals surface area contributed by atoms with Crippen LogP contribution in [0.1, 0.15) is 61.5 Å². The molecule has 2 amide bonds. The molecule has 2 fully saturated rings. The number of pyridine rings is 1. The maximum absolute atomic E-state index is 12.4. The molecule has 1 saturated heterocycles. The Labute approximate surface area is 149 Å². The van der Waals surface area contributed by atoms with Crippen LogP contribution in [0.4, 0.5) is 0 Å². The highest BCUT2D eigenvalue weighted by Crippen LogP contribution is 2.42. The van der Waals surface area contributed by atoms with Crippen molar-refractivity contribution in [3.63, 3.8) is 0 Å². The molecule has 1 saturated carbocycles. The van der Waals surface area contributed by atoms with Gasteiger partial charge in [0.15, 0.2) is 0 Å². The quantitative estimate of drug-likeness (QED) is 0.838. The monoisotopic (exact) mass is 341 g/mol. The van der Waals surface area contributed by atoms with Gasteiger partial charge in [0.1, 0.15) is 0 Å². The highest BCUT2D eigenvalue weighted by Gasteiger charge is 2.46. The minimum Gasteiger partial charge on any atom is -0.349 e. The Hall–Kier alpha value is -2.17. The van der Waals surface area contributed by atoms with Gasteiger partial charge in [0.05, 0.1) is 5.56 Å². The van der Waals surface area contributed by atoms with Crippen LogP contribution in [0.5, 0.6) is 0 Å². The fourth-order valence-corrected chi connectivity index (χ4v) is 4.15. The maximum Gasteiger partial charge on any atom is 0.253 e. The van der Waals surface area contributed by atoms with E-state index in [0.29, 0.717) is 18.5 Å². The van der Waals surface area contributed by atoms with Gasteiger partial charge >= 0.3 is 0 Å². The summed E-state index contributed by atoms with van der Waals surface area (Å²) >= 11 is 0. The Bertz CT molecular complexity index is 645. The SMILES string of the molecule is C=CCN1C(=O)CCC12CCC(NC(=O)c1ccc(CC)nc1)CC2. The molecule has 1 aliphatic heterocycles. The van der Waals surface area contributed by atoms with Crippen molar-refractivity contribution in [2.45, 2.75) is 63.5 Å². The number of hydrogen-bond acceptors (Lipinski definition) is 3. The molecule has 1 aromatic heterocycles. The summed E-state index contributed by atoms with van der Waals surface area (Å²) in [5.74, 6) is 0.186. The number of nitrogens with zero attached hydrogens (tertiary/aromatic N) is 2. The van der Waals surface area contributed by atoms with Crippen molar-refractivity contribution in [1.82, 2.24) is 15.2 Å². The Morgan fingerprint density at radius 1 is 1.40 bits per heavy atom. The van der Waals surface area contributed by atoms with E-state index in [1.54, 1.807) is 6.20 Å². The molecule has 3 rings (SSSR count). The molecule has 25 heavy (non-hydrogen) atoms. The Balaban J connectivity index is 1.57. The van der Waals surface area contributed by atoms with E-state index in [0.717, 1.165) is 44.2 Å². The predicted octanol–water partition coefficient (Wildman–Crippen LogP) is 2.86. The molecular weight excluding hydrogens is 314 g/mol. The van der Waals surface area contributed by atoms with E-state index >= 15 is 0 Å². The lowest BCUT2D eigenvalue weighted by molar-refractivity contribution is -0.131. The van der Waals surface area contributed by atoms with Crippen LogP contribution < -0.4 is 5.32 Å². The summed E-state index contributed by atoms with van der Waals surface area (Å²) in [6.45, 7) is 6.46. The normalized spacial score (nSPS) is 26.0. The molecule has 2 heterocycles. The van der Waals surface area contributed by atoms with E-state index in [1.807, 2.05) is 30.0 Å². The van der Waals surface area contributed by atoms with Crippen LogP contribution in [0.2, 0.25) is 0 Å². The molecule has 1 spiro atoms. The largest absolute Gasteiger partial charge is 0.349 e. The van der Waals surface area contributed by atoms with E-state index in [-0.39, 0.29) is 23.4 Å². The van der Waals surface area contributed by atoms with Gasteiger partial charge in [-0.2, -0.15) is 0 Å².